The second-order valence-corrected chi connectivity index (χ2v) is 7.56. The van der Waals surface area contributed by atoms with Gasteiger partial charge in [-0.25, -0.2) is 0 Å². The van der Waals surface area contributed by atoms with Crippen molar-refractivity contribution < 1.29 is 15.3 Å². The molecule has 2 aromatic carbocycles. The van der Waals surface area contributed by atoms with Crippen LogP contribution in [0.25, 0.3) is 10.8 Å². The van der Waals surface area contributed by atoms with Crippen LogP contribution in [0.5, 0.6) is 0 Å². The van der Waals surface area contributed by atoms with Gasteiger partial charge in [0.15, 0.2) is 0 Å². The Morgan fingerprint density at radius 3 is 2.64 bits per heavy atom. The van der Waals surface area contributed by atoms with Gasteiger partial charge in [0.05, 0.1) is 17.0 Å². The van der Waals surface area contributed by atoms with Crippen molar-refractivity contribution >= 4 is 26.7 Å². The van der Waals surface area contributed by atoms with Crippen LogP contribution < -0.4 is 0 Å². The summed E-state index contributed by atoms with van der Waals surface area (Å²) in [6, 6.07) is 6.13. The highest BCUT2D eigenvalue weighted by Gasteiger charge is 2.40. The summed E-state index contributed by atoms with van der Waals surface area (Å²) in [5.41, 5.74) is 5.33. The Morgan fingerprint density at radius 2 is 1.86 bits per heavy atom. The Labute approximate surface area is 137 Å². The van der Waals surface area contributed by atoms with Crippen molar-refractivity contribution in [3.05, 3.63) is 46.0 Å². The Kier molecular flexibility index (Phi) is 3.35. The SMILES string of the molecule is Cc1cc2c(c3ccc4c(c13)[C@H](O)[C@@H](Br)[C@@H](O)[C@@H]4O)CCC2. The zero-order valence-corrected chi connectivity index (χ0v) is 14.0. The minimum Gasteiger partial charge on any atom is -0.389 e. The van der Waals surface area contributed by atoms with Crippen molar-refractivity contribution in [2.45, 2.75) is 49.3 Å². The third-order valence-corrected chi connectivity index (χ3v) is 6.26. The van der Waals surface area contributed by atoms with E-state index in [1.165, 1.54) is 22.9 Å². The van der Waals surface area contributed by atoms with E-state index in [0.717, 1.165) is 29.4 Å². The highest BCUT2D eigenvalue weighted by Crippen LogP contribution is 2.45. The van der Waals surface area contributed by atoms with E-state index in [4.69, 9.17) is 0 Å². The van der Waals surface area contributed by atoms with Crippen LogP contribution in [0.15, 0.2) is 18.2 Å². The minimum absolute atomic E-state index is 0.562. The fourth-order valence-electron chi connectivity index (χ4n) is 4.16. The van der Waals surface area contributed by atoms with Crippen LogP contribution in [0.2, 0.25) is 0 Å². The molecule has 22 heavy (non-hydrogen) atoms. The van der Waals surface area contributed by atoms with Crippen molar-refractivity contribution in [3.8, 4) is 0 Å². The number of aliphatic hydroxyl groups is 3. The highest BCUT2D eigenvalue weighted by molar-refractivity contribution is 9.09. The molecule has 0 amide bonds. The van der Waals surface area contributed by atoms with Crippen LogP contribution in [-0.2, 0) is 12.8 Å². The molecular formula is C18H19BrO3. The van der Waals surface area contributed by atoms with E-state index in [2.05, 4.69) is 28.9 Å². The van der Waals surface area contributed by atoms with E-state index in [1.807, 2.05) is 12.1 Å². The lowest BCUT2D eigenvalue weighted by atomic mass is 9.80. The molecule has 0 saturated carbocycles. The second kappa shape index (κ2) is 5.03. The largest absolute Gasteiger partial charge is 0.389 e. The Bertz CT molecular complexity index is 771. The lowest BCUT2D eigenvalue weighted by Gasteiger charge is -2.36. The summed E-state index contributed by atoms with van der Waals surface area (Å²) < 4.78 is 0. The fourth-order valence-corrected chi connectivity index (χ4v) is 4.71. The molecule has 0 bridgehead atoms. The van der Waals surface area contributed by atoms with Gasteiger partial charge in [0, 0.05) is 0 Å². The first-order valence-corrected chi connectivity index (χ1v) is 8.68. The molecule has 0 saturated heterocycles. The number of rotatable bonds is 0. The molecular weight excluding hydrogens is 344 g/mol. The van der Waals surface area contributed by atoms with Crippen molar-refractivity contribution in [2.24, 2.45) is 0 Å². The molecule has 3 N–H and O–H groups in total. The molecule has 0 spiro atoms. The lowest BCUT2D eigenvalue weighted by Crippen LogP contribution is -2.38. The van der Waals surface area contributed by atoms with Gasteiger partial charge < -0.3 is 15.3 Å². The molecule has 2 aromatic rings. The number of hydrogen-bond acceptors (Lipinski definition) is 3. The highest BCUT2D eigenvalue weighted by atomic mass is 79.9. The first-order valence-electron chi connectivity index (χ1n) is 7.77. The summed E-state index contributed by atoms with van der Waals surface area (Å²) >= 11 is 3.34. The van der Waals surface area contributed by atoms with Gasteiger partial charge in [0.2, 0.25) is 0 Å². The molecule has 3 nitrogen and oxygen atoms in total. The van der Waals surface area contributed by atoms with E-state index < -0.39 is 23.1 Å². The first-order chi connectivity index (χ1) is 10.5. The summed E-state index contributed by atoms with van der Waals surface area (Å²) in [5.74, 6) is 0. The molecule has 0 radical (unpaired) electrons. The maximum absolute atomic E-state index is 10.7. The maximum atomic E-state index is 10.7. The molecule has 0 fully saturated rings. The molecule has 2 aliphatic rings. The van der Waals surface area contributed by atoms with Gasteiger partial charge in [-0.15, -0.1) is 0 Å². The van der Waals surface area contributed by atoms with Gasteiger partial charge in [-0.1, -0.05) is 34.1 Å². The average molecular weight is 363 g/mol. The molecule has 0 aliphatic heterocycles. The Hall–Kier alpha value is -0.940. The van der Waals surface area contributed by atoms with Crippen LogP contribution in [0, 0.1) is 6.92 Å². The normalized spacial score (nSPS) is 30.4. The van der Waals surface area contributed by atoms with Crippen molar-refractivity contribution in [3.63, 3.8) is 0 Å². The van der Waals surface area contributed by atoms with E-state index in [-0.39, 0.29) is 0 Å². The van der Waals surface area contributed by atoms with E-state index >= 15 is 0 Å². The Balaban J connectivity index is 2.09. The topological polar surface area (TPSA) is 60.7 Å². The van der Waals surface area contributed by atoms with E-state index in [1.54, 1.807) is 0 Å². The van der Waals surface area contributed by atoms with Gasteiger partial charge in [0.1, 0.15) is 6.10 Å². The molecule has 4 rings (SSSR count). The molecule has 116 valence electrons. The predicted molar refractivity (Wildman–Crippen MR) is 89.4 cm³/mol. The monoisotopic (exact) mass is 362 g/mol. The molecule has 0 unspecified atom stereocenters. The molecule has 0 heterocycles. The predicted octanol–water partition coefficient (Wildman–Crippen LogP) is 2.84. The smallest absolute Gasteiger partial charge is 0.106 e. The maximum Gasteiger partial charge on any atom is 0.106 e. The minimum atomic E-state index is -1.00. The third kappa shape index (κ3) is 1.84. The number of fused-ring (bicyclic) bond motifs is 5. The number of aryl methyl sites for hydroxylation is 3. The summed E-state index contributed by atoms with van der Waals surface area (Å²) in [4.78, 5) is -0.562. The van der Waals surface area contributed by atoms with Gasteiger partial charge in [-0.2, -0.15) is 0 Å². The van der Waals surface area contributed by atoms with Crippen molar-refractivity contribution in [1.82, 2.24) is 0 Å². The van der Waals surface area contributed by atoms with Gasteiger partial charge in [-0.05, 0) is 64.8 Å². The van der Waals surface area contributed by atoms with Gasteiger partial charge >= 0.3 is 0 Å². The first kappa shape index (κ1) is 14.6. The standard InChI is InChI=1S/C18H19BrO3/c1-8-7-9-3-2-4-10(9)11-5-6-12-14(13(8)11)17(21)15(19)18(22)16(12)20/h5-7,15-18,20-22H,2-4H2,1H3/t15-,16-,17+,18-/m1/s1. The van der Waals surface area contributed by atoms with Gasteiger partial charge in [-0.3, -0.25) is 0 Å². The summed E-state index contributed by atoms with van der Waals surface area (Å²) in [5, 5.41) is 33.4. The van der Waals surface area contributed by atoms with Gasteiger partial charge in [0.25, 0.3) is 0 Å². The number of benzene rings is 2. The van der Waals surface area contributed by atoms with Crippen LogP contribution in [0.1, 0.15) is 46.4 Å². The number of halogens is 1. The summed E-state index contributed by atoms with van der Waals surface area (Å²) in [7, 11) is 0. The molecule has 0 aromatic heterocycles. The van der Waals surface area contributed by atoms with Crippen molar-refractivity contribution in [2.75, 3.05) is 0 Å². The Morgan fingerprint density at radius 1 is 1.09 bits per heavy atom. The summed E-state index contributed by atoms with van der Waals surface area (Å²) in [6.07, 6.45) is 0.568. The van der Waals surface area contributed by atoms with Crippen LogP contribution in [-0.4, -0.2) is 26.3 Å². The van der Waals surface area contributed by atoms with Crippen LogP contribution >= 0.6 is 15.9 Å². The van der Waals surface area contributed by atoms with Crippen LogP contribution in [0.4, 0.5) is 0 Å². The number of alkyl halides is 1. The molecule has 4 heteroatoms. The fraction of sp³-hybridized carbons (Fsp3) is 0.444. The number of aliphatic hydroxyl groups excluding tert-OH is 3. The zero-order chi connectivity index (χ0) is 15.6. The number of hydrogen-bond donors (Lipinski definition) is 3. The molecule has 4 atom stereocenters. The van der Waals surface area contributed by atoms with E-state index in [0.29, 0.717) is 5.56 Å². The summed E-state index contributed by atoms with van der Waals surface area (Å²) in [6.45, 7) is 2.06. The lowest BCUT2D eigenvalue weighted by molar-refractivity contribution is -0.0205. The van der Waals surface area contributed by atoms with Crippen molar-refractivity contribution in [1.29, 1.82) is 0 Å². The quantitative estimate of drug-likeness (QED) is 0.631. The molecule has 2 aliphatic carbocycles. The van der Waals surface area contributed by atoms with Crippen LogP contribution in [0.3, 0.4) is 0 Å². The zero-order valence-electron chi connectivity index (χ0n) is 12.4. The third-order valence-electron chi connectivity index (χ3n) is 5.22. The average Bonchev–Trinajstić information content (AvgIpc) is 2.98. The van der Waals surface area contributed by atoms with E-state index in [9.17, 15) is 15.3 Å². The second-order valence-electron chi connectivity index (χ2n) is 6.50.